The summed E-state index contributed by atoms with van der Waals surface area (Å²) in [5, 5.41) is 3.02. The van der Waals surface area contributed by atoms with Gasteiger partial charge in [0.05, 0.1) is 30.5 Å². The predicted octanol–water partition coefficient (Wildman–Crippen LogP) is 1.70. The Kier molecular flexibility index (Phi) is 6.64. The summed E-state index contributed by atoms with van der Waals surface area (Å²) in [7, 11) is 1.31. The molecule has 1 aromatic carbocycles. The highest BCUT2D eigenvalue weighted by Gasteiger charge is 2.21. The molecule has 1 aliphatic heterocycles. The van der Waals surface area contributed by atoms with E-state index in [1.165, 1.54) is 11.8 Å². The van der Waals surface area contributed by atoms with Gasteiger partial charge >= 0.3 is 5.97 Å². The van der Waals surface area contributed by atoms with Crippen molar-refractivity contribution >= 4 is 17.6 Å². The minimum absolute atomic E-state index is 0.0456. The fourth-order valence-electron chi connectivity index (χ4n) is 3.49. The number of ether oxygens (including phenoxy) is 1. The lowest BCUT2D eigenvalue weighted by Crippen LogP contribution is -2.26. The third-order valence-electron chi connectivity index (χ3n) is 5.00. The van der Waals surface area contributed by atoms with Crippen molar-refractivity contribution in [3.05, 3.63) is 51.9 Å². The minimum Gasteiger partial charge on any atom is -0.469 e. The summed E-state index contributed by atoms with van der Waals surface area (Å²) in [6.45, 7) is 3.75. The molecule has 1 amide bonds. The van der Waals surface area contributed by atoms with Crippen molar-refractivity contribution < 1.29 is 14.3 Å². The Morgan fingerprint density at radius 3 is 2.66 bits per heavy atom. The maximum absolute atomic E-state index is 13.0. The summed E-state index contributed by atoms with van der Waals surface area (Å²) >= 11 is 0. The average molecular weight is 398 g/mol. The van der Waals surface area contributed by atoms with E-state index in [9.17, 15) is 14.4 Å². The Morgan fingerprint density at radius 1 is 1.24 bits per heavy atom. The second kappa shape index (κ2) is 9.36. The molecule has 1 fully saturated rings. The molecule has 1 aliphatic rings. The molecule has 3 rings (SSSR count). The van der Waals surface area contributed by atoms with Gasteiger partial charge in [-0.05, 0) is 31.9 Å². The van der Waals surface area contributed by atoms with Crippen molar-refractivity contribution in [2.75, 3.05) is 26.7 Å². The molecule has 2 aromatic rings. The van der Waals surface area contributed by atoms with Crippen molar-refractivity contribution in [3.63, 3.8) is 0 Å². The van der Waals surface area contributed by atoms with Gasteiger partial charge in [-0.3, -0.25) is 24.5 Å². The molecule has 1 N–H and O–H groups in total. The molecule has 154 valence electrons. The number of amides is 1. The largest absolute Gasteiger partial charge is 0.469 e. The third-order valence-corrected chi connectivity index (χ3v) is 5.00. The van der Waals surface area contributed by atoms with Crippen LogP contribution in [0.4, 0.5) is 0 Å². The Morgan fingerprint density at radius 2 is 2.00 bits per heavy atom. The first-order chi connectivity index (χ1) is 14.0. The second-order valence-corrected chi connectivity index (χ2v) is 7.00. The number of carbonyl (C=O) groups excluding carboxylic acids is 2. The number of hydrogen-bond acceptors (Lipinski definition) is 5. The Balaban J connectivity index is 1.81. The molecular weight excluding hydrogens is 372 g/mol. The van der Waals surface area contributed by atoms with Gasteiger partial charge in [0, 0.05) is 31.8 Å². The van der Waals surface area contributed by atoms with Gasteiger partial charge in [0.1, 0.15) is 0 Å². The second-order valence-electron chi connectivity index (χ2n) is 7.00. The molecule has 1 saturated heterocycles. The number of aliphatic imine (C=N–C) groups is 1. The number of para-hydroxylation sites is 1. The van der Waals surface area contributed by atoms with Crippen LogP contribution in [-0.2, 0) is 20.7 Å². The number of hydrogen-bond donors (Lipinski definition) is 1. The number of aromatic amines is 1. The Bertz CT molecular complexity index is 959. The van der Waals surface area contributed by atoms with E-state index in [0.29, 0.717) is 42.2 Å². The first-order valence-corrected chi connectivity index (χ1v) is 9.76. The Hall–Kier alpha value is -3.16. The topological polar surface area (TPSA) is 96.8 Å². The van der Waals surface area contributed by atoms with E-state index in [4.69, 9.17) is 4.74 Å². The van der Waals surface area contributed by atoms with Gasteiger partial charge in [-0.15, -0.1) is 0 Å². The van der Waals surface area contributed by atoms with Crippen LogP contribution in [0.5, 0.6) is 0 Å². The van der Waals surface area contributed by atoms with E-state index in [1.807, 2.05) is 35.2 Å². The molecular formula is C21H26N4O4. The van der Waals surface area contributed by atoms with E-state index in [-0.39, 0.29) is 17.9 Å². The van der Waals surface area contributed by atoms with Crippen molar-refractivity contribution in [1.29, 1.82) is 0 Å². The van der Waals surface area contributed by atoms with E-state index in [0.717, 1.165) is 19.4 Å². The summed E-state index contributed by atoms with van der Waals surface area (Å²) in [4.78, 5) is 42.9. The van der Waals surface area contributed by atoms with Gasteiger partial charge in [0.15, 0.2) is 0 Å². The SMILES string of the molecule is COC(=O)Cc1[nH]n(-c2ccccc2)c(=O)c1C(C)=NCCCN1CCCC1=O. The summed E-state index contributed by atoms with van der Waals surface area (Å²) in [6.07, 6.45) is 2.23. The zero-order chi connectivity index (χ0) is 20.8. The van der Waals surface area contributed by atoms with E-state index in [2.05, 4.69) is 10.1 Å². The Labute approximate surface area is 169 Å². The predicted molar refractivity (Wildman–Crippen MR) is 110 cm³/mol. The maximum atomic E-state index is 13.0. The molecule has 0 aliphatic carbocycles. The summed E-state index contributed by atoms with van der Waals surface area (Å²) < 4.78 is 6.17. The van der Waals surface area contributed by atoms with Crippen LogP contribution in [0.3, 0.4) is 0 Å². The molecule has 1 aromatic heterocycles. The number of rotatable bonds is 8. The van der Waals surface area contributed by atoms with Gasteiger partial charge in [-0.25, -0.2) is 4.68 Å². The fourth-order valence-corrected chi connectivity index (χ4v) is 3.49. The number of methoxy groups -OCH3 is 1. The monoisotopic (exact) mass is 398 g/mol. The first kappa shape index (κ1) is 20.6. The number of aromatic nitrogens is 2. The van der Waals surface area contributed by atoms with E-state index < -0.39 is 5.97 Å². The number of likely N-dealkylation sites (tertiary alicyclic amines) is 1. The van der Waals surface area contributed by atoms with Crippen molar-refractivity contribution in [2.45, 2.75) is 32.6 Å². The van der Waals surface area contributed by atoms with E-state index in [1.54, 1.807) is 6.92 Å². The van der Waals surface area contributed by atoms with Crippen molar-refractivity contribution in [1.82, 2.24) is 14.7 Å². The molecule has 8 nitrogen and oxygen atoms in total. The summed E-state index contributed by atoms with van der Waals surface area (Å²) in [5.41, 5.74) is 1.84. The van der Waals surface area contributed by atoms with E-state index >= 15 is 0 Å². The van der Waals surface area contributed by atoms with Crippen LogP contribution in [0.25, 0.3) is 5.69 Å². The van der Waals surface area contributed by atoms with Crippen LogP contribution in [-0.4, -0.2) is 59.0 Å². The summed E-state index contributed by atoms with van der Waals surface area (Å²) in [5.74, 6) is -0.240. The highest BCUT2D eigenvalue weighted by Crippen LogP contribution is 2.12. The number of nitrogens with one attached hydrogen (secondary N) is 1. The highest BCUT2D eigenvalue weighted by atomic mass is 16.5. The van der Waals surface area contributed by atoms with Gasteiger partial charge in [0.2, 0.25) is 5.91 Å². The average Bonchev–Trinajstić information content (AvgIpc) is 3.28. The first-order valence-electron chi connectivity index (χ1n) is 9.76. The van der Waals surface area contributed by atoms with Crippen molar-refractivity contribution in [3.8, 4) is 5.69 Å². The lowest BCUT2D eigenvalue weighted by molar-refractivity contribution is -0.139. The van der Waals surface area contributed by atoms with Crippen LogP contribution in [0, 0.1) is 0 Å². The molecule has 0 bridgehead atoms. The quantitative estimate of drug-likeness (QED) is 0.416. The zero-order valence-electron chi connectivity index (χ0n) is 16.8. The number of benzene rings is 1. The van der Waals surface area contributed by atoms with Crippen LogP contribution in [0.2, 0.25) is 0 Å². The van der Waals surface area contributed by atoms with Gasteiger partial charge < -0.3 is 9.64 Å². The normalized spacial score (nSPS) is 14.5. The highest BCUT2D eigenvalue weighted by molar-refractivity contribution is 6.00. The molecule has 2 heterocycles. The molecule has 0 unspecified atom stereocenters. The minimum atomic E-state index is -0.437. The van der Waals surface area contributed by atoms with Crippen LogP contribution < -0.4 is 5.56 Å². The standard InChI is InChI=1S/C21H26N4O4/c1-15(22-11-7-13-24-12-6-10-18(24)26)20-17(14-19(27)29-2)23-25(21(20)28)16-8-4-3-5-9-16/h3-5,8-9,23H,6-7,10-14H2,1-2H3. The maximum Gasteiger partial charge on any atom is 0.311 e. The lowest BCUT2D eigenvalue weighted by Gasteiger charge is -2.14. The fraction of sp³-hybridized carbons (Fsp3) is 0.429. The smallest absolute Gasteiger partial charge is 0.311 e. The molecule has 0 atom stereocenters. The van der Waals surface area contributed by atoms with Crippen molar-refractivity contribution in [2.24, 2.45) is 4.99 Å². The van der Waals surface area contributed by atoms with Crippen LogP contribution >= 0.6 is 0 Å². The van der Waals surface area contributed by atoms with Gasteiger partial charge in [0.25, 0.3) is 5.56 Å². The lowest BCUT2D eigenvalue weighted by atomic mass is 10.1. The molecule has 0 radical (unpaired) electrons. The number of esters is 1. The number of H-pyrrole nitrogens is 1. The molecule has 8 heteroatoms. The van der Waals surface area contributed by atoms with Crippen LogP contribution in [0.1, 0.15) is 37.4 Å². The van der Waals surface area contributed by atoms with Gasteiger partial charge in [-0.2, -0.15) is 0 Å². The summed E-state index contributed by atoms with van der Waals surface area (Å²) in [6, 6.07) is 9.16. The zero-order valence-corrected chi connectivity index (χ0v) is 16.8. The van der Waals surface area contributed by atoms with Gasteiger partial charge in [-0.1, -0.05) is 18.2 Å². The van der Waals surface area contributed by atoms with Crippen LogP contribution in [0.15, 0.2) is 40.1 Å². The molecule has 29 heavy (non-hydrogen) atoms. The number of nitrogens with zero attached hydrogens (tertiary/aromatic N) is 3. The molecule has 0 spiro atoms. The number of carbonyl (C=O) groups is 2. The molecule has 0 saturated carbocycles. The third kappa shape index (κ3) is 4.82.